The molecule has 0 unspecified atom stereocenters. The molecule has 0 spiro atoms. The van der Waals surface area contributed by atoms with Gasteiger partial charge in [0.25, 0.3) is 0 Å². The Morgan fingerprint density at radius 3 is 2.08 bits per heavy atom. The average molecular weight is 586 g/mol. The maximum Gasteiger partial charge on any atom is 0.365 e. The number of benzene rings is 4. The summed E-state index contributed by atoms with van der Waals surface area (Å²) in [6, 6.07) is 28.4. The fraction of sp³-hybridized carbons (Fsp3) is 0.100. The zero-order valence-corrected chi connectivity index (χ0v) is 22.0. The van der Waals surface area contributed by atoms with Crippen molar-refractivity contribution in [2.75, 3.05) is 0 Å². The molecule has 5 rings (SSSR count). The van der Waals surface area contributed by atoms with Gasteiger partial charge in [-0.2, -0.15) is 0 Å². The third-order valence-corrected chi connectivity index (χ3v) is 7.11. The van der Waals surface area contributed by atoms with Crippen LogP contribution in [0.15, 0.2) is 96.2 Å². The summed E-state index contributed by atoms with van der Waals surface area (Å²) in [5.74, 6) is -0.500. The second kappa shape index (κ2) is 10.1. The molecule has 0 radical (unpaired) electrons. The number of carbonyl (C=O) groups excluding carboxylic acids is 2. The molecule has 0 saturated carbocycles. The van der Waals surface area contributed by atoms with Crippen molar-refractivity contribution in [2.45, 2.75) is 20.4 Å². The molecule has 0 aliphatic heterocycles. The molecule has 36 heavy (non-hydrogen) atoms. The first-order valence-electron chi connectivity index (χ1n) is 11.6. The number of carbonyl (C=O) groups is 2. The van der Waals surface area contributed by atoms with Gasteiger partial charge in [-0.15, -0.1) is 0 Å². The molecule has 0 aliphatic rings. The quantitative estimate of drug-likeness (QED) is 0.0690. The second-order valence-corrected chi connectivity index (χ2v) is 9.50. The van der Waals surface area contributed by atoms with Gasteiger partial charge in [0.15, 0.2) is 5.78 Å². The first kappa shape index (κ1) is 23.9. The molecule has 6 heteroatoms. The number of halogens is 1. The number of oxime groups is 1. The lowest BCUT2D eigenvalue weighted by molar-refractivity contribution is 0.0518. The highest BCUT2D eigenvalue weighted by atomic mass is 127. The Balaban J connectivity index is 1.55. The molecule has 5 nitrogen and oxygen atoms in total. The monoisotopic (exact) mass is 586 g/mol. The minimum absolute atomic E-state index is 0.00696. The van der Waals surface area contributed by atoms with Gasteiger partial charge in [-0.25, -0.2) is 4.79 Å². The third kappa shape index (κ3) is 4.44. The van der Waals surface area contributed by atoms with Crippen molar-refractivity contribution < 1.29 is 14.4 Å². The van der Waals surface area contributed by atoms with E-state index in [-0.39, 0.29) is 5.78 Å². The molecule has 5 aromatic rings. The average Bonchev–Trinajstić information content (AvgIpc) is 3.24. The molecule has 1 aromatic heterocycles. The Hall–Kier alpha value is -3.78. The van der Waals surface area contributed by atoms with Crippen LogP contribution in [0.1, 0.15) is 44.3 Å². The maximum absolute atomic E-state index is 13.3. The van der Waals surface area contributed by atoms with E-state index in [0.29, 0.717) is 20.4 Å². The largest absolute Gasteiger partial charge is 0.365 e. The minimum atomic E-state index is -0.507. The van der Waals surface area contributed by atoms with Gasteiger partial charge in [0.2, 0.25) is 0 Å². The number of hydrogen-bond donors (Lipinski definition) is 0. The van der Waals surface area contributed by atoms with E-state index >= 15 is 0 Å². The highest BCUT2D eigenvalue weighted by molar-refractivity contribution is 14.1. The number of ketones is 1. The summed E-state index contributed by atoms with van der Waals surface area (Å²) in [4.78, 5) is 30.7. The minimum Gasteiger partial charge on any atom is -0.341 e. The molecule has 0 saturated heterocycles. The fourth-order valence-corrected chi connectivity index (χ4v) is 4.89. The normalized spacial score (nSPS) is 11.7. The van der Waals surface area contributed by atoms with Crippen LogP contribution in [0.25, 0.3) is 21.8 Å². The van der Waals surface area contributed by atoms with Crippen LogP contribution in [0.2, 0.25) is 0 Å². The molecule has 0 aliphatic carbocycles. The SMILES string of the molecule is CCn1c2ccc(C(=O)c3ccccc3C)cc2c2cc(/C(I)=N\OC(=O)c3ccccc3)ccc21. The summed E-state index contributed by atoms with van der Waals surface area (Å²) in [6.45, 7) is 4.85. The lowest BCUT2D eigenvalue weighted by Gasteiger charge is -2.06. The Bertz CT molecular complexity index is 1650. The Morgan fingerprint density at radius 2 is 1.42 bits per heavy atom. The molecule has 0 fully saturated rings. The van der Waals surface area contributed by atoms with Crippen molar-refractivity contribution in [2.24, 2.45) is 5.16 Å². The fourth-order valence-electron chi connectivity index (χ4n) is 4.46. The predicted molar refractivity (Wildman–Crippen MR) is 152 cm³/mol. The van der Waals surface area contributed by atoms with E-state index < -0.39 is 5.97 Å². The number of aryl methyl sites for hydroxylation is 2. The van der Waals surface area contributed by atoms with Crippen LogP contribution in [0.4, 0.5) is 0 Å². The van der Waals surface area contributed by atoms with Crippen LogP contribution in [0.3, 0.4) is 0 Å². The lowest BCUT2D eigenvalue weighted by Crippen LogP contribution is -2.03. The zero-order chi connectivity index (χ0) is 25.2. The standard InChI is InChI=1S/C30H23IN2O3/c1-3-33-26-15-13-21(28(34)23-12-8-7-9-19(23)2)17-24(26)25-18-22(14-16-27(25)33)29(31)32-36-30(35)20-10-5-4-6-11-20/h4-18H,3H2,1-2H3/b32-29+. The number of fused-ring (bicyclic) bond motifs is 3. The topological polar surface area (TPSA) is 60.7 Å². The molecule has 0 amide bonds. The summed E-state index contributed by atoms with van der Waals surface area (Å²) in [7, 11) is 0. The number of aromatic nitrogens is 1. The summed E-state index contributed by atoms with van der Waals surface area (Å²) in [5.41, 5.74) is 5.72. The van der Waals surface area contributed by atoms with E-state index in [2.05, 4.69) is 39.2 Å². The Labute approximate surface area is 222 Å². The third-order valence-electron chi connectivity index (χ3n) is 6.29. The first-order chi connectivity index (χ1) is 17.5. The van der Waals surface area contributed by atoms with Gasteiger partial charge >= 0.3 is 5.97 Å². The first-order valence-corrected chi connectivity index (χ1v) is 12.7. The van der Waals surface area contributed by atoms with E-state index in [9.17, 15) is 9.59 Å². The van der Waals surface area contributed by atoms with Crippen LogP contribution >= 0.6 is 22.6 Å². The molecular formula is C30H23IN2O3. The Morgan fingerprint density at radius 1 is 0.806 bits per heavy atom. The molecule has 0 atom stereocenters. The highest BCUT2D eigenvalue weighted by Crippen LogP contribution is 2.32. The van der Waals surface area contributed by atoms with Gasteiger partial charge in [0, 0.05) is 45.0 Å². The van der Waals surface area contributed by atoms with Crippen LogP contribution in [0, 0.1) is 6.92 Å². The summed E-state index contributed by atoms with van der Waals surface area (Å²) in [5, 5.41) is 6.09. The van der Waals surface area contributed by atoms with Crippen LogP contribution in [-0.2, 0) is 11.4 Å². The molecule has 1 heterocycles. The van der Waals surface area contributed by atoms with Gasteiger partial charge in [-0.3, -0.25) is 4.79 Å². The van der Waals surface area contributed by atoms with E-state index in [1.165, 1.54) is 0 Å². The molecule has 0 N–H and O–H groups in total. The van der Waals surface area contributed by atoms with E-state index in [1.54, 1.807) is 24.3 Å². The summed E-state index contributed by atoms with van der Waals surface area (Å²) in [6.07, 6.45) is 0. The smallest absolute Gasteiger partial charge is 0.341 e. The van der Waals surface area contributed by atoms with Crippen LogP contribution in [0.5, 0.6) is 0 Å². The van der Waals surface area contributed by atoms with Gasteiger partial charge in [-0.1, -0.05) is 53.7 Å². The van der Waals surface area contributed by atoms with E-state index in [1.807, 2.05) is 73.7 Å². The number of hydrogen-bond acceptors (Lipinski definition) is 4. The molecular weight excluding hydrogens is 563 g/mol. The highest BCUT2D eigenvalue weighted by Gasteiger charge is 2.17. The van der Waals surface area contributed by atoms with Gasteiger partial charge in [0.1, 0.15) is 3.72 Å². The van der Waals surface area contributed by atoms with Crippen molar-refractivity contribution in [1.82, 2.24) is 4.57 Å². The number of nitrogens with zero attached hydrogens (tertiary/aromatic N) is 2. The maximum atomic E-state index is 13.3. The van der Waals surface area contributed by atoms with Crippen molar-refractivity contribution >= 4 is 59.9 Å². The molecule has 0 bridgehead atoms. The Kier molecular flexibility index (Phi) is 6.69. The van der Waals surface area contributed by atoms with E-state index in [4.69, 9.17) is 4.84 Å². The van der Waals surface area contributed by atoms with Crippen molar-refractivity contribution in [3.63, 3.8) is 0 Å². The van der Waals surface area contributed by atoms with Crippen molar-refractivity contribution in [3.8, 4) is 0 Å². The van der Waals surface area contributed by atoms with Gasteiger partial charge in [0.05, 0.1) is 5.56 Å². The van der Waals surface area contributed by atoms with Gasteiger partial charge < -0.3 is 9.40 Å². The molecule has 178 valence electrons. The van der Waals surface area contributed by atoms with Crippen molar-refractivity contribution in [3.05, 3.63) is 119 Å². The van der Waals surface area contributed by atoms with Crippen LogP contribution < -0.4 is 0 Å². The lowest BCUT2D eigenvalue weighted by atomic mass is 9.98. The zero-order valence-electron chi connectivity index (χ0n) is 19.9. The summed E-state index contributed by atoms with van der Waals surface area (Å²) >= 11 is 2.07. The second-order valence-electron chi connectivity index (χ2n) is 8.48. The molecule has 4 aromatic carbocycles. The summed E-state index contributed by atoms with van der Waals surface area (Å²) < 4.78 is 2.79. The predicted octanol–water partition coefficient (Wildman–Crippen LogP) is 7.31. The van der Waals surface area contributed by atoms with E-state index in [0.717, 1.165) is 39.5 Å². The van der Waals surface area contributed by atoms with Gasteiger partial charge in [-0.05, 0) is 84.5 Å². The number of rotatable bonds is 6. The van der Waals surface area contributed by atoms with Crippen LogP contribution in [-0.4, -0.2) is 20.0 Å². The van der Waals surface area contributed by atoms with Crippen molar-refractivity contribution in [1.29, 1.82) is 0 Å².